The van der Waals surface area contributed by atoms with Crippen molar-refractivity contribution in [1.29, 1.82) is 0 Å². The van der Waals surface area contributed by atoms with Crippen molar-refractivity contribution in [1.82, 2.24) is 5.32 Å². The highest BCUT2D eigenvalue weighted by Crippen LogP contribution is 2.07. The number of amides is 1. The Kier molecular flexibility index (Phi) is 6.62. The van der Waals surface area contributed by atoms with E-state index in [4.69, 9.17) is 4.74 Å². The van der Waals surface area contributed by atoms with Crippen LogP contribution in [0.5, 0.6) is 0 Å². The van der Waals surface area contributed by atoms with E-state index in [1.807, 2.05) is 0 Å². The fourth-order valence-corrected chi connectivity index (χ4v) is 2.26. The molecule has 7 heteroatoms. The van der Waals surface area contributed by atoms with Crippen LogP contribution in [-0.2, 0) is 19.0 Å². The number of nitrogens with one attached hydrogen (secondary N) is 1. The third-order valence-electron chi connectivity index (χ3n) is 1.86. The molecule has 0 rings (SSSR count). The highest BCUT2D eigenvalue weighted by atomic mass is 32.2. The lowest BCUT2D eigenvalue weighted by Crippen LogP contribution is -2.38. The summed E-state index contributed by atoms with van der Waals surface area (Å²) in [5.41, 5.74) is -0.568. The van der Waals surface area contributed by atoms with Crippen molar-refractivity contribution in [2.75, 3.05) is 12.4 Å². The molecule has 0 saturated carbocycles. The van der Waals surface area contributed by atoms with E-state index in [1.165, 1.54) is 0 Å². The minimum absolute atomic E-state index is 0.121. The number of hydrogen-bond acceptors (Lipinski definition) is 5. The summed E-state index contributed by atoms with van der Waals surface area (Å²) in [7, 11) is -3.49. The summed E-state index contributed by atoms with van der Waals surface area (Å²) >= 11 is 0. The van der Waals surface area contributed by atoms with Crippen molar-refractivity contribution in [3.63, 3.8) is 0 Å². The van der Waals surface area contributed by atoms with E-state index < -0.39 is 21.8 Å². The Morgan fingerprint density at radius 3 is 2.33 bits per heavy atom. The normalized spacial score (nSPS) is 14.1. The quantitative estimate of drug-likeness (QED) is 0.749. The average molecular weight is 281 g/mol. The van der Waals surface area contributed by atoms with Gasteiger partial charge in [-0.15, -0.1) is 0 Å². The Hall–Kier alpha value is -0.820. The van der Waals surface area contributed by atoms with Gasteiger partial charge in [-0.25, -0.2) is 4.79 Å². The number of carbonyl (C=O) groups excluding carboxylic acids is 1. The standard InChI is InChI=1S/C11H23NO5S/c1-6-16-18(14,15)8-7-9(2)12-10(13)17-11(3,4)5/h9H,6-8H2,1-5H3,(H,12,13)/t9-/m1/s1. The summed E-state index contributed by atoms with van der Waals surface area (Å²) in [5.74, 6) is -0.127. The lowest BCUT2D eigenvalue weighted by molar-refractivity contribution is 0.0507. The van der Waals surface area contributed by atoms with Crippen LogP contribution < -0.4 is 5.32 Å². The van der Waals surface area contributed by atoms with Gasteiger partial charge in [0.1, 0.15) is 5.60 Å². The molecule has 0 aromatic carbocycles. The van der Waals surface area contributed by atoms with Crippen LogP contribution in [0.4, 0.5) is 4.79 Å². The van der Waals surface area contributed by atoms with Crippen molar-refractivity contribution in [2.45, 2.75) is 52.7 Å². The Balaban J connectivity index is 4.06. The summed E-state index contributed by atoms with van der Waals surface area (Å²) in [5, 5.41) is 2.57. The molecule has 0 unspecified atom stereocenters. The minimum atomic E-state index is -3.49. The summed E-state index contributed by atoms with van der Waals surface area (Å²) < 4.78 is 32.2. The van der Waals surface area contributed by atoms with Crippen molar-refractivity contribution >= 4 is 16.2 Å². The first-order chi connectivity index (χ1) is 8.06. The van der Waals surface area contributed by atoms with E-state index in [2.05, 4.69) is 9.50 Å². The number of carbonyl (C=O) groups is 1. The van der Waals surface area contributed by atoms with Gasteiger partial charge in [0.05, 0.1) is 12.4 Å². The number of alkyl carbamates (subject to hydrolysis) is 1. The molecule has 0 bridgehead atoms. The minimum Gasteiger partial charge on any atom is -0.444 e. The van der Waals surface area contributed by atoms with E-state index in [1.54, 1.807) is 34.6 Å². The molecular formula is C11H23NO5S. The number of rotatable bonds is 6. The van der Waals surface area contributed by atoms with Gasteiger partial charge in [0.2, 0.25) is 0 Å². The van der Waals surface area contributed by atoms with Gasteiger partial charge >= 0.3 is 6.09 Å². The van der Waals surface area contributed by atoms with E-state index in [0.717, 1.165) is 0 Å². The topological polar surface area (TPSA) is 81.7 Å². The van der Waals surface area contributed by atoms with Crippen molar-refractivity contribution in [3.8, 4) is 0 Å². The average Bonchev–Trinajstić information content (AvgIpc) is 2.11. The molecule has 108 valence electrons. The van der Waals surface area contributed by atoms with Crippen LogP contribution in [-0.4, -0.2) is 38.5 Å². The molecule has 0 aromatic rings. The van der Waals surface area contributed by atoms with Gasteiger partial charge in [-0.1, -0.05) is 0 Å². The Morgan fingerprint density at radius 2 is 1.89 bits per heavy atom. The number of hydrogen-bond donors (Lipinski definition) is 1. The van der Waals surface area contributed by atoms with Crippen molar-refractivity contribution < 1.29 is 22.1 Å². The smallest absolute Gasteiger partial charge is 0.407 e. The second-order valence-corrected chi connectivity index (χ2v) is 6.76. The van der Waals surface area contributed by atoms with Gasteiger partial charge in [0.15, 0.2) is 0 Å². The summed E-state index contributed by atoms with van der Waals surface area (Å²) in [6, 6.07) is -0.296. The van der Waals surface area contributed by atoms with Gasteiger partial charge in [0, 0.05) is 6.04 Å². The van der Waals surface area contributed by atoms with Gasteiger partial charge < -0.3 is 10.1 Å². The van der Waals surface area contributed by atoms with Crippen LogP contribution in [0.2, 0.25) is 0 Å². The molecule has 0 aliphatic carbocycles. The van der Waals surface area contributed by atoms with Crippen molar-refractivity contribution in [3.05, 3.63) is 0 Å². The summed E-state index contributed by atoms with van der Waals surface area (Å²) in [6.07, 6.45) is -0.273. The van der Waals surface area contributed by atoms with Crippen LogP contribution in [0.15, 0.2) is 0 Å². The zero-order valence-electron chi connectivity index (χ0n) is 11.6. The fourth-order valence-electron chi connectivity index (χ4n) is 1.14. The zero-order chi connectivity index (χ0) is 14.4. The predicted octanol–water partition coefficient (Wildman–Crippen LogP) is 1.66. The SMILES string of the molecule is CCOS(=O)(=O)CC[C@@H](C)NC(=O)OC(C)(C)C. The Labute approximate surface area is 109 Å². The lowest BCUT2D eigenvalue weighted by Gasteiger charge is -2.21. The van der Waals surface area contributed by atoms with E-state index in [9.17, 15) is 13.2 Å². The first-order valence-corrected chi connectivity index (χ1v) is 7.50. The molecule has 0 radical (unpaired) electrons. The van der Waals surface area contributed by atoms with Gasteiger partial charge in [-0.3, -0.25) is 4.18 Å². The molecule has 0 saturated heterocycles. The first-order valence-electron chi connectivity index (χ1n) is 5.92. The lowest BCUT2D eigenvalue weighted by atomic mass is 10.2. The Morgan fingerprint density at radius 1 is 1.33 bits per heavy atom. The number of ether oxygens (including phenoxy) is 1. The first kappa shape index (κ1) is 17.2. The molecule has 1 N–H and O–H groups in total. The second-order valence-electron chi connectivity index (χ2n) is 5.00. The van der Waals surface area contributed by atoms with Gasteiger partial charge in [-0.2, -0.15) is 8.42 Å². The molecule has 0 heterocycles. The molecule has 0 aromatic heterocycles. The van der Waals surface area contributed by atoms with Crippen LogP contribution in [0, 0.1) is 0 Å². The molecule has 6 nitrogen and oxygen atoms in total. The summed E-state index contributed by atoms with van der Waals surface area (Å²) in [4.78, 5) is 11.4. The molecule has 0 aliphatic heterocycles. The predicted molar refractivity (Wildman–Crippen MR) is 68.9 cm³/mol. The third kappa shape index (κ3) is 9.23. The van der Waals surface area contributed by atoms with Crippen LogP contribution in [0.1, 0.15) is 41.0 Å². The summed E-state index contributed by atoms with van der Waals surface area (Å²) in [6.45, 7) is 8.73. The molecule has 1 atom stereocenters. The zero-order valence-corrected chi connectivity index (χ0v) is 12.5. The van der Waals surface area contributed by atoms with Crippen LogP contribution in [0.3, 0.4) is 0 Å². The molecular weight excluding hydrogens is 258 g/mol. The molecule has 0 fully saturated rings. The molecule has 1 amide bonds. The highest BCUT2D eigenvalue weighted by molar-refractivity contribution is 7.86. The fraction of sp³-hybridized carbons (Fsp3) is 0.909. The monoisotopic (exact) mass is 281 g/mol. The maximum absolute atomic E-state index is 11.4. The van der Waals surface area contributed by atoms with Gasteiger partial charge in [0.25, 0.3) is 10.1 Å². The van der Waals surface area contributed by atoms with E-state index >= 15 is 0 Å². The molecule has 0 spiro atoms. The maximum atomic E-state index is 11.4. The second kappa shape index (κ2) is 6.94. The van der Waals surface area contributed by atoms with Crippen molar-refractivity contribution in [2.24, 2.45) is 0 Å². The van der Waals surface area contributed by atoms with Crippen LogP contribution in [0.25, 0.3) is 0 Å². The third-order valence-corrected chi connectivity index (χ3v) is 3.19. The molecule has 18 heavy (non-hydrogen) atoms. The van der Waals surface area contributed by atoms with E-state index in [0.29, 0.717) is 0 Å². The van der Waals surface area contributed by atoms with Crippen LogP contribution >= 0.6 is 0 Å². The largest absolute Gasteiger partial charge is 0.444 e. The molecule has 0 aliphatic rings. The van der Waals surface area contributed by atoms with E-state index in [-0.39, 0.29) is 24.8 Å². The highest BCUT2D eigenvalue weighted by Gasteiger charge is 2.19. The van der Waals surface area contributed by atoms with Gasteiger partial charge in [-0.05, 0) is 41.0 Å². The Bertz CT molecular complexity index is 358. The maximum Gasteiger partial charge on any atom is 0.407 e.